The van der Waals surface area contributed by atoms with Crippen molar-refractivity contribution in [1.29, 1.82) is 0 Å². The van der Waals surface area contributed by atoms with Crippen molar-refractivity contribution >= 4 is 17.8 Å². The van der Waals surface area contributed by atoms with E-state index in [0.717, 1.165) is 5.56 Å². The fraction of sp³-hybridized carbons (Fsp3) is 0.250. The van der Waals surface area contributed by atoms with Crippen LogP contribution in [-0.4, -0.2) is 28.5 Å². The molecule has 1 amide bonds. The standard InChI is InChI=1S/C16H17N3O3/c1-2-22-15(21)13(11-12-7-4-3-5-8-12)14(20)19-16-17-9-6-10-18-16/h3-10,13H,2,11H2,1H3,(H,17,18,19,20)/t13-/m1/s1. The molecular formula is C16H17N3O3. The summed E-state index contributed by atoms with van der Waals surface area (Å²) in [5.74, 6) is -1.81. The van der Waals surface area contributed by atoms with E-state index in [1.54, 1.807) is 13.0 Å². The van der Waals surface area contributed by atoms with Crippen LogP contribution in [0.25, 0.3) is 0 Å². The number of esters is 1. The predicted octanol–water partition coefficient (Wildman–Crippen LogP) is 1.84. The maximum absolute atomic E-state index is 12.3. The number of nitrogens with zero attached hydrogens (tertiary/aromatic N) is 2. The van der Waals surface area contributed by atoms with Gasteiger partial charge in [0.25, 0.3) is 0 Å². The second-order valence-electron chi connectivity index (χ2n) is 4.56. The molecule has 1 aromatic heterocycles. The summed E-state index contributed by atoms with van der Waals surface area (Å²) in [6.45, 7) is 1.93. The highest BCUT2D eigenvalue weighted by molar-refractivity contribution is 6.04. The molecule has 0 fully saturated rings. The predicted molar refractivity (Wildman–Crippen MR) is 80.9 cm³/mol. The lowest BCUT2D eigenvalue weighted by molar-refractivity contribution is -0.150. The minimum Gasteiger partial charge on any atom is -0.465 e. The highest BCUT2D eigenvalue weighted by Crippen LogP contribution is 2.13. The molecule has 1 aromatic carbocycles. The Morgan fingerprint density at radius 1 is 1.14 bits per heavy atom. The summed E-state index contributed by atoms with van der Waals surface area (Å²) in [5.41, 5.74) is 0.879. The highest BCUT2D eigenvalue weighted by atomic mass is 16.5. The molecule has 0 unspecified atom stereocenters. The van der Waals surface area contributed by atoms with Crippen molar-refractivity contribution in [3.63, 3.8) is 0 Å². The second-order valence-corrected chi connectivity index (χ2v) is 4.56. The fourth-order valence-corrected chi connectivity index (χ4v) is 1.94. The molecule has 2 rings (SSSR count). The number of nitrogens with one attached hydrogen (secondary N) is 1. The van der Waals surface area contributed by atoms with Gasteiger partial charge >= 0.3 is 5.97 Å². The summed E-state index contributed by atoms with van der Waals surface area (Å²) in [7, 11) is 0. The Balaban J connectivity index is 2.13. The number of carbonyl (C=O) groups is 2. The van der Waals surface area contributed by atoms with Gasteiger partial charge in [-0.05, 0) is 25.0 Å². The van der Waals surface area contributed by atoms with Crippen molar-refractivity contribution < 1.29 is 14.3 Å². The Bertz CT molecular complexity index is 617. The van der Waals surface area contributed by atoms with Crippen molar-refractivity contribution in [1.82, 2.24) is 9.97 Å². The molecule has 0 aliphatic heterocycles. The van der Waals surface area contributed by atoms with Crippen molar-refractivity contribution in [2.75, 3.05) is 11.9 Å². The lowest BCUT2D eigenvalue weighted by Crippen LogP contribution is -2.33. The first-order valence-electron chi connectivity index (χ1n) is 6.99. The largest absolute Gasteiger partial charge is 0.465 e. The monoisotopic (exact) mass is 299 g/mol. The number of aromatic nitrogens is 2. The molecule has 1 atom stereocenters. The maximum Gasteiger partial charge on any atom is 0.318 e. The Hall–Kier alpha value is -2.76. The Kier molecular flexibility index (Phi) is 5.59. The number of carbonyl (C=O) groups excluding carboxylic acids is 2. The van der Waals surface area contributed by atoms with Gasteiger partial charge in [-0.1, -0.05) is 30.3 Å². The first-order chi connectivity index (χ1) is 10.7. The van der Waals surface area contributed by atoms with E-state index in [1.165, 1.54) is 12.4 Å². The Morgan fingerprint density at radius 2 is 1.82 bits per heavy atom. The minimum absolute atomic E-state index is 0.162. The summed E-state index contributed by atoms with van der Waals surface area (Å²) >= 11 is 0. The summed E-state index contributed by atoms with van der Waals surface area (Å²) in [6, 6.07) is 11.0. The summed E-state index contributed by atoms with van der Waals surface area (Å²) in [6.07, 6.45) is 3.29. The number of rotatable bonds is 6. The van der Waals surface area contributed by atoms with Crippen LogP contribution in [0.5, 0.6) is 0 Å². The van der Waals surface area contributed by atoms with Crippen LogP contribution in [-0.2, 0) is 20.7 Å². The van der Waals surface area contributed by atoms with Gasteiger partial charge in [0.2, 0.25) is 11.9 Å². The van der Waals surface area contributed by atoms with Crippen molar-refractivity contribution in [2.24, 2.45) is 5.92 Å². The van der Waals surface area contributed by atoms with E-state index in [9.17, 15) is 9.59 Å². The zero-order valence-corrected chi connectivity index (χ0v) is 12.2. The van der Waals surface area contributed by atoms with E-state index in [-0.39, 0.29) is 19.0 Å². The van der Waals surface area contributed by atoms with Gasteiger partial charge in [-0.15, -0.1) is 0 Å². The van der Waals surface area contributed by atoms with E-state index >= 15 is 0 Å². The molecule has 1 heterocycles. The van der Waals surface area contributed by atoms with Crippen LogP contribution in [0, 0.1) is 5.92 Å². The minimum atomic E-state index is -0.939. The van der Waals surface area contributed by atoms with E-state index in [1.807, 2.05) is 30.3 Å². The maximum atomic E-state index is 12.3. The van der Waals surface area contributed by atoms with E-state index in [0.29, 0.717) is 0 Å². The van der Waals surface area contributed by atoms with Gasteiger partial charge in [-0.2, -0.15) is 0 Å². The third kappa shape index (κ3) is 4.37. The first kappa shape index (κ1) is 15.6. The van der Waals surface area contributed by atoms with Crippen LogP contribution >= 0.6 is 0 Å². The average Bonchev–Trinajstić information content (AvgIpc) is 2.54. The lowest BCUT2D eigenvalue weighted by atomic mass is 9.98. The van der Waals surface area contributed by atoms with Gasteiger partial charge < -0.3 is 4.74 Å². The summed E-state index contributed by atoms with van der Waals surface area (Å²) in [5, 5.41) is 2.54. The number of anilines is 1. The molecular weight excluding hydrogens is 282 g/mol. The summed E-state index contributed by atoms with van der Waals surface area (Å²) in [4.78, 5) is 32.2. The Labute approximate surface area is 128 Å². The van der Waals surface area contributed by atoms with Gasteiger partial charge in [0.1, 0.15) is 5.92 Å². The van der Waals surface area contributed by atoms with Crippen LogP contribution < -0.4 is 5.32 Å². The van der Waals surface area contributed by atoms with Crippen LogP contribution in [0.2, 0.25) is 0 Å². The molecule has 6 nitrogen and oxygen atoms in total. The van der Waals surface area contributed by atoms with Gasteiger partial charge in [0.05, 0.1) is 6.61 Å². The van der Waals surface area contributed by atoms with E-state index in [4.69, 9.17) is 4.74 Å². The van der Waals surface area contributed by atoms with Crippen LogP contribution in [0.15, 0.2) is 48.8 Å². The third-order valence-corrected chi connectivity index (χ3v) is 2.97. The topological polar surface area (TPSA) is 81.2 Å². The van der Waals surface area contributed by atoms with Crippen molar-refractivity contribution in [3.05, 3.63) is 54.4 Å². The molecule has 1 N–H and O–H groups in total. The number of benzene rings is 1. The smallest absolute Gasteiger partial charge is 0.318 e. The summed E-state index contributed by atoms with van der Waals surface area (Å²) < 4.78 is 4.99. The zero-order valence-electron chi connectivity index (χ0n) is 12.2. The highest BCUT2D eigenvalue weighted by Gasteiger charge is 2.28. The van der Waals surface area contributed by atoms with Crippen LogP contribution in [0.1, 0.15) is 12.5 Å². The van der Waals surface area contributed by atoms with E-state index < -0.39 is 17.8 Å². The van der Waals surface area contributed by atoms with Gasteiger partial charge in [0.15, 0.2) is 0 Å². The quantitative estimate of drug-likeness (QED) is 0.650. The molecule has 114 valence electrons. The van der Waals surface area contributed by atoms with Crippen molar-refractivity contribution in [2.45, 2.75) is 13.3 Å². The molecule has 2 aromatic rings. The molecule has 0 spiro atoms. The average molecular weight is 299 g/mol. The molecule has 0 saturated heterocycles. The van der Waals surface area contributed by atoms with Gasteiger partial charge in [-0.25, -0.2) is 9.97 Å². The molecule has 6 heteroatoms. The second kappa shape index (κ2) is 7.87. The number of ether oxygens (including phenoxy) is 1. The number of hydrogen-bond donors (Lipinski definition) is 1. The molecule has 0 saturated carbocycles. The molecule has 0 radical (unpaired) electrons. The van der Waals surface area contributed by atoms with Gasteiger partial charge in [-0.3, -0.25) is 14.9 Å². The van der Waals surface area contributed by atoms with Crippen molar-refractivity contribution in [3.8, 4) is 0 Å². The normalized spacial score (nSPS) is 11.5. The van der Waals surface area contributed by atoms with Gasteiger partial charge in [0, 0.05) is 12.4 Å². The first-order valence-corrected chi connectivity index (χ1v) is 6.99. The zero-order chi connectivity index (χ0) is 15.8. The Morgan fingerprint density at radius 3 is 2.45 bits per heavy atom. The number of amides is 1. The molecule has 22 heavy (non-hydrogen) atoms. The molecule has 0 bridgehead atoms. The number of hydrogen-bond acceptors (Lipinski definition) is 5. The van der Waals surface area contributed by atoms with E-state index in [2.05, 4.69) is 15.3 Å². The molecule has 0 aliphatic rings. The van der Waals surface area contributed by atoms with Crippen LogP contribution in [0.4, 0.5) is 5.95 Å². The molecule has 0 aliphatic carbocycles. The third-order valence-electron chi connectivity index (χ3n) is 2.97. The lowest BCUT2D eigenvalue weighted by Gasteiger charge is -2.15. The fourth-order valence-electron chi connectivity index (χ4n) is 1.94. The van der Waals surface area contributed by atoms with Crippen LogP contribution in [0.3, 0.4) is 0 Å². The SMILES string of the molecule is CCOC(=O)[C@H](Cc1ccccc1)C(=O)Nc1ncccn1.